The highest BCUT2D eigenvalue weighted by Crippen LogP contribution is 2.44. The van der Waals surface area contributed by atoms with Crippen LogP contribution in [0.3, 0.4) is 0 Å². The van der Waals surface area contributed by atoms with E-state index in [9.17, 15) is 9.59 Å². The maximum Gasteiger partial charge on any atom is 0.193 e. The van der Waals surface area contributed by atoms with Gasteiger partial charge in [-0.15, -0.1) is 23.5 Å². The van der Waals surface area contributed by atoms with E-state index < -0.39 is 0 Å². The summed E-state index contributed by atoms with van der Waals surface area (Å²) in [4.78, 5) is 30.8. The number of hydrogen-bond donors (Lipinski definition) is 0. The van der Waals surface area contributed by atoms with Crippen LogP contribution in [0.25, 0.3) is 22.3 Å². The van der Waals surface area contributed by atoms with Crippen LogP contribution in [0.4, 0.5) is 0 Å². The smallest absolute Gasteiger partial charge is 0.193 e. The van der Waals surface area contributed by atoms with Crippen molar-refractivity contribution in [2.45, 2.75) is 19.6 Å². The van der Waals surface area contributed by atoms with Crippen molar-refractivity contribution >= 4 is 46.9 Å². The van der Waals surface area contributed by atoms with Crippen molar-refractivity contribution in [1.82, 2.24) is 0 Å². The summed E-state index contributed by atoms with van der Waals surface area (Å²) >= 11 is 5.03. The number of rotatable bonds is 10. The molecule has 0 N–H and O–H groups in total. The van der Waals surface area contributed by atoms with Gasteiger partial charge in [0.05, 0.1) is 0 Å². The van der Waals surface area contributed by atoms with Gasteiger partial charge in [-0.05, 0) is 59.0 Å². The van der Waals surface area contributed by atoms with Crippen molar-refractivity contribution in [3.8, 4) is 22.3 Å². The van der Waals surface area contributed by atoms with Crippen molar-refractivity contribution in [2.24, 2.45) is 0 Å². The lowest BCUT2D eigenvalue weighted by molar-refractivity contribution is 0.103. The highest BCUT2D eigenvalue weighted by molar-refractivity contribution is 8.00. The summed E-state index contributed by atoms with van der Waals surface area (Å²) in [5, 5.41) is 0. The number of benzene rings is 6. The second kappa shape index (κ2) is 14.2. The average molecular weight is 639 g/mol. The Hall–Kier alpha value is -4.29. The minimum atomic E-state index is 0.0233. The van der Waals surface area contributed by atoms with E-state index in [1.165, 1.54) is 0 Å². The molecule has 2 nitrogen and oxygen atoms in total. The van der Waals surface area contributed by atoms with Crippen LogP contribution >= 0.6 is 35.3 Å². The highest BCUT2D eigenvalue weighted by Gasteiger charge is 2.18. The molecule has 0 spiro atoms. The van der Waals surface area contributed by atoms with Crippen molar-refractivity contribution in [3.63, 3.8) is 0 Å². The fourth-order valence-corrected chi connectivity index (χ4v) is 7.69. The molecule has 0 aliphatic heterocycles. The molecule has 0 aliphatic rings. The maximum atomic E-state index is 13.2. The van der Waals surface area contributed by atoms with Crippen LogP contribution in [0.15, 0.2) is 165 Å². The van der Waals surface area contributed by atoms with E-state index in [2.05, 4.69) is 73.2 Å². The van der Waals surface area contributed by atoms with Gasteiger partial charge < -0.3 is 0 Å². The van der Waals surface area contributed by atoms with Gasteiger partial charge in [0.2, 0.25) is 0 Å². The summed E-state index contributed by atoms with van der Waals surface area (Å²) in [7, 11) is 0. The quantitative estimate of drug-likeness (QED) is 0.110. The molecule has 0 bridgehead atoms. The summed E-state index contributed by atoms with van der Waals surface area (Å²) in [5.74, 6) is 0.0465. The molecule has 0 saturated heterocycles. The predicted octanol–water partition coefficient (Wildman–Crippen LogP) is 11.1. The van der Waals surface area contributed by atoms with Crippen LogP contribution in [0, 0.1) is 0 Å². The zero-order valence-corrected chi connectivity index (χ0v) is 27.3. The summed E-state index contributed by atoms with van der Waals surface area (Å²) in [6, 6.07) is 47.7. The number of ketones is 2. The van der Waals surface area contributed by atoms with Gasteiger partial charge in [0, 0.05) is 41.8 Å². The third kappa shape index (κ3) is 6.71. The molecule has 220 valence electrons. The molecule has 0 unspecified atom stereocenters. The van der Waals surface area contributed by atoms with Gasteiger partial charge in [-0.3, -0.25) is 9.59 Å². The Bertz CT molecular complexity index is 1840. The van der Waals surface area contributed by atoms with Crippen LogP contribution in [-0.4, -0.2) is 24.1 Å². The summed E-state index contributed by atoms with van der Waals surface area (Å²) < 4.78 is 0. The Balaban J connectivity index is 1.35. The standard InChI is InChI=1S/C40H30O2S3/c1-43-37-25-29(39(41)27-13-5-3-6-14-27)21-23-33(37)31-17-9-11-19-35(31)45-36-20-12-10-18-32(36)34-24-22-30(26-38(34)44-2)40(42)28-15-7-4-8-16-28/h3-26H,1-2H3. The molecule has 45 heavy (non-hydrogen) atoms. The van der Waals surface area contributed by atoms with Crippen molar-refractivity contribution in [3.05, 3.63) is 168 Å². The molecular formula is C40H30O2S3. The van der Waals surface area contributed by atoms with Crippen molar-refractivity contribution in [1.29, 1.82) is 0 Å². The molecule has 6 aromatic rings. The topological polar surface area (TPSA) is 34.1 Å². The van der Waals surface area contributed by atoms with E-state index >= 15 is 0 Å². The first kappa shape index (κ1) is 30.7. The maximum absolute atomic E-state index is 13.2. The minimum Gasteiger partial charge on any atom is -0.289 e. The Morgan fingerprint density at radius 2 is 0.733 bits per heavy atom. The number of hydrogen-bond acceptors (Lipinski definition) is 5. The van der Waals surface area contributed by atoms with E-state index in [-0.39, 0.29) is 11.6 Å². The molecule has 0 radical (unpaired) electrons. The van der Waals surface area contributed by atoms with Crippen molar-refractivity contribution in [2.75, 3.05) is 12.5 Å². The third-order valence-electron chi connectivity index (χ3n) is 7.57. The SMILES string of the molecule is CSc1cc(C(=O)c2ccccc2)ccc1-c1ccccc1Sc1ccccc1-c1ccc(C(=O)c2ccccc2)cc1SC. The Labute approximate surface area is 277 Å². The van der Waals surface area contributed by atoms with E-state index in [4.69, 9.17) is 0 Å². The van der Waals surface area contributed by atoms with Gasteiger partial charge in [-0.1, -0.05) is 133 Å². The summed E-state index contributed by atoms with van der Waals surface area (Å²) in [6.45, 7) is 0. The second-order valence-electron chi connectivity index (χ2n) is 10.3. The lowest BCUT2D eigenvalue weighted by atomic mass is 9.99. The average Bonchev–Trinajstić information content (AvgIpc) is 3.11. The van der Waals surface area contributed by atoms with Gasteiger partial charge in [-0.25, -0.2) is 0 Å². The molecule has 0 heterocycles. The Morgan fingerprint density at radius 3 is 1.13 bits per heavy atom. The zero-order valence-electron chi connectivity index (χ0n) is 24.9. The lowest BCUT2D eigenvalue weighted by Crippen LogP contribution is -2.01. The normalized spacial score (nSPS) is 10.9. The molecule has 0 fully saturated rings. The summed E-state index contributed by atoms with van der Waals surface area (Å²) in [5.41, 5.74) is 7.18. The minimum absolute atomic E-state index is 0.0233. The Kier molecular flexibility index (Phi) is 9.70. The summed E-state index contributed by atoms with van der Waals surface area (Å²) in [6.07, 6.45) is 4.10. The Morgan fingerprint density at radius 1 is 0.378 bits per heavy atom. The van der Waals surface area contributed by atoms with Crippen LogP contribution in [0.2, 0.25) is 0 Å². The molecule has 5 heteroatoms. The molecule has 0 aromatic heterocycles. The van der Waals surface area contributed by atoms with E-state index in [0.29, 0.717) is 22.3 Å². The highest BCUT2D eigenvalue weighted by atomic mass is 32.2. The first-order valence-electron chi connectivity index (χ1n) is 14.5. The largest absolute Gasteiger partial charge is 0.289 e. The van der Waals surface area contributed by atoms with E-state index in [0.717, 1.165) is 41.8 Å². The predicted molar refractivity (Wildman–Crippen MR) is 191 cm³/mol. The van der Waals surface area contributed by atoms with Gasteiger partial charge in [0.15, 0.2) is 11.6 Å². The number of carbonyl (C=O) groups excluding carboxylic acids is 2. The first-order chi connectivity index (χ1) is 22.1. The second-order valence-corrected chi connectivity index (χ2v) is 13.1. The van der Waals surface area contributed by atoms with E-state index in [1.807, 2.05) is 84.9 Å². The number of thioether (sulfide) groups is 2. The van der Waals surface area contributed by atoms with Gasteiger partial charge in [-0.2, -0.15) is 0 Å². The molecule has 0 amide bonds. The molecule has 0 saturated carbocycles. The van der Waals surface area contributed by atoms with Crippen molar-refractivity contribution < 1.29 is 9.59 Å². The van der Waals surface area contributed by atoms with E-state index in [1.54, 1.807) is 35.3 Å². The van der Waals surface area contributed by atoms with Gasteiger partial charge in [0.25, 0.3) is 0 Å². The third-order valence-corrected chi connectivity index (χ3v) is 10.3. The molecule has 0 atom stereocenters. The van der Waals surface area contributed by atoms with Crippen LogP contribution in [-0.2, 0) is 0 Å². The fraction of sp³-hybridized carbons (Fsp3) is 0.0500. The first-order valence-corrected chi connectivity index (χ1v) is 17.8. The lowest BCUT2D eigenvalue weighted by Gasteiger charge is -2.17. The number of carbonyl (C=O) groups is 2. The van der Waals surface area contributed by atoms with Gasteiger partial charge >= 0.3 is 0 Å². The zero-order chi connectivity index (χ0) is 31.2. The monoisotopic (exact) mass is 638 g/mol. The molecule has 6 rings (SSSR count). The molecular weight excluding hydrogens is 609 g/mol. The fourth-order valence-electron chi connectivity index (χ4n) is 5.30. The molecule has 0 aliphatic carbocycles. The molecule has 6 aromatic carbocycles. The van der Waals surface area contributed by atoms with Crippen LogP contribution in [0.1, 0.15) is 31.8 Å². The van der Waals surface area contributed by atoms with Crippen LogP contribution in [0.5, 0.6) is 0 Å². The van der Waals surface area contributed by atoms with Gasteiger partial charge in [0.1, 0.15) is 0 Å². The van der Waals surface area contributed by atoms with Crippen LogP contribution < -0.4 is 0 Å².